The predicted molar refractivity (Wildman–Crippen MR) is 173 cm³/mol. The molecule has 9 nitrogen and oxygen atoms in total. The Balaban J connectivity index is 1.27. The summed E-state index contributed by atoms with van der Waals surface area (Å²) in [5.74, 6) is -1.13. The summed E-state index contributed by atoms with van der Waals surface area (Å²) in [5, 5.41) is 15.3. The standard InChI is InChI=1S/C34H40ClFN4O5S/c1-2-45-34(44)27-26(38-30(31-37-14-15-46-31)39-29(27)24-8-5-9-25(36)28(24)35)16-19-6-3-4-7-23-21(11-10-19)18-40(32(23)41)22-13-12-20(17-22)33(42)43/h5,8-9,14-15,19-23,29H,2-4,6-7,10-13,16-18H2,1H3,(H,38,39)(H,42,43)/t19?,20?,21-,22?,23?,29-/m0/s1. The number of hydrogen-bond donors (Lipinski definition) is 2. The van der Waals surface area contributed by atoms with Crippen molar-refractivity contribution in [2.75, 3.05) is 13.2 Å². The first-order valence-corrected chi connectivity index (χ1v) is 17.6. The molecule has 2 aliphatic carbocycles. The quantitative estimate of drug-likeness (QED) is 0.306. The second-order valence-electron chi connectivity index (χ2n) is 12.9. The number of rotatable bonds is 8. The van der Waals surface area contributed by atoms with Gasteiger partial charge in [0.05, 0.1) is 23.1 Å². The summed E-state index contributed by atoms with van der Waals surface area (Å²) in [4.78, 5) is 50.0. The minimum absolute atomic E-state index is 0.0127. The number of likely N-dealkylation sites (tertiary alicyclic amines) is 1. The largest absolute Gasteiger partial charge is 0.481 e. The fraction of sp³-hybridized carbons (Fsp3) is 0.559. The van der Waals surface area contributed by atoms with E-state index >= 15 is 0 Å². The number of amidine groups is 1. The zero-order valence-electron chi connectivity index (χ0n) is 25.9. The smallest absolute Gasteiger partial charge is 0.338 e. The molecule has 4 aliphatic rings. The third kappa shape index (κ3) is 6.72. The van der Waals surface area contributed by atoms with Crippen LogP contribution in [0.1, 0.15) is 87.7 Å². The van der Waals surface area contributed by atoms with Crippen LogP contribution in [-0.4, -0.2) is 57.9 Å². The molecule has 2 aliphatic heterocycles. The molecule has 4 unspecified atom stereocenters. The van der Waals surface area contributed by atoms with Crippen LogP contribution in [-0.2, 0) is 19.1 Å². The van der Waals surface area contributed by atoms with Crippen molar-refractivity contribution in [3.05, 3.63) is 62.5 Å². The number of carbonyl (C=O) groups excluding carboxylic acids is 2. The summed E-state index contributed by atoms with van der Waals surface area (Å²) in [7, 11) is 0. The van der Waals surface area contributed by atoms with E-state index in [1.807, 2.05) is 10.3 Å². The SMILES string of the molecule is CCOC(=O)C1=C(CC2CCCCC3C(=O)N(C4CCC(C(=O)O)C4)C[C@@H]3CC2)NC(c2nccs2)=N[C@H]1c1cccc(F)c1Cl. The molecule has 2 aromatic rings. The lowest BCUT2D eigenvalue weighted by molar-refractivity contribution is -0.142. The maximum atomic E-state index is 14.7. The zero-order valence-corrected chi connectivity index (χ0v) is 27.5. The Morgan fingerprint density at radius 2 is 2.00 bits per heavy atom. The summed E-state index contributed by atoms with van der Waals surface area (Å²) in [6.07, 6.45) is 9.59. The molecule has 1 aromatic carbocycles. The van der Waals surface area contributed by atoms with Gasteiger partial charge in [0.2, 0.25) is 5.91 Å². The first kappa shape index (κ1) is 32.6. The lowest BCUT2D eigenvalue weighted by Crippen LogP contribution is -2.36. The highest BCUT2D eigenvalue weighted by Gasteiger charge is 2.45. The van der Waals surface area contributed by atoms with Crippen LogP contribution in [0.2, 0.25) is 5.02 Å². The number of benzene rings is 1. The number of nitrogens with zero attached hydrogens (tertiary/aromatic N) is 3. The van der Waals surface area contributed by atoms with Gasteiger partial charge in [-0.15, -0.1) is 11.3 Å². The van der Waals surface area contributed by atoms with Crippen LogP contribution in [0.5, 0.6) is 0 Å². The van der Waals surface area contributed by atoms with Crippen LogP contribution in [0.4, 0.5) is 4.39 Å². The highest BCUT2D eigenvalue weighted by Crippen LogP contribution is 2.43. The maximum Gasteiger partial charge on any atom is 0.338 e. The second kappa shape index (κ2) is 14.2. The molecule has 1 amide bonds. The lowest BCUT2D eigenvalue weighted by Gasteiger charge is -2.30. The highest BCUT2D eigenvalue weighted by molar-refractivity contribution is 7.11. The molecular weight excluding hydrogens is 631 g/mol. The lowest BCUT2D eigenvalue weighted by atomic mass is 9.84. The number of aromatic nitrogens is 1. The molecule has 12 heteroatoms. The molecule has 3 fully saturated rings. The van der Waals surface area contributed by atoms with Crippen molar-refractivity contribution in [1.29, 1.82) is 0 Å². The molecule has 6 rings (SSSR count). The van der Waals surface area contributed by atoms with Crippen molar-refractivity contribution >= 4 is 46.6 Å². The Labute approximate surface area is 277 Å². The number of amides is 1. The number of allylic oxidation sites excluding steroid dienone is 1. The van der Waals surface area contributed by atoms with E-state index in [1.54, 1.807) is 25.3 Å². The molecule has 2 N–H and O–H groups in total. The zero-order chi connectivity index (χ0) is 32.4. The Kier molecular flexibility index (Phi) is 10.1. The third-order valence-corrected chi connectivity index (χ3v) is 11.3. The van der Waals surface area contributed by atoms with Crippen LogP contribution in [0.15, 0.2) is 46.0 Å². The number of thiazole rings is 1. The second-order valence-corrected chi connectivity index (χ2v) is 14.2. The number of nitrogens with one attached hydrogen (secondary N) is 1. The number of ether oxygens (including phenoxy) is 1. The Morgan fingerprint density at radius 1 is 1.17 bits per heavy atom. The molecule has 1 saturated heterocycles. The summed E-state index contributed by atoms with van der Waals surface area (Å²) >= 11 is 7.89. The van der Waals surface area contributed by atoms with Gasteiger partial charge in [0.25, 0.3) is 0 Å². The van der Waals surface area contributed by atoms with E-state index in [1.165, 1.54) is 17.4 Å². The highest BCUT2D eigenvalue weighted by atomic mass is 35.5. The number of carbonyl (C=O) groups is 3. The number of hydrogen-bond acceptors (Lipinski definition) is 8. The van der Waals surface area contributed by atoms with E-state index in [0.717, 1.165) is 44.9 Å². The van der Waals surface area contributed by atoms with Crippen LogP contribution in [0.25, 0.3) is 0 Å². The summed E-state index contributed by atoms with van der Waals surface area (Å²) in [6.45, 7) is 2.61. The first-order chi connectivity index (χ1) is 22.2. The molecule has 2 saturated carbocycles. The minimum Gasteiger partial charge on any atom is -0.481 e. The fourth-order valence-corrected chi connectivity index (χ4v) is 8.64. The van der Waals surface area contributed by atoms with Gasteiger partial charge in [0.1, 0.15) is 11.9 Å². The molecule has 6 atom stereocenters. The Bertz CT molecular complexity index is 1530. The predicted octanol–water partition coefficient (Wildman–Crippen LogP) is 6.53. The van der Waals surface area contributed by atoms with Crippen molar-refractivity contribution in [3.8, 4) is 0 Å². The van der Waals surface area contributed by atoms with E-state index in [4.69, 9.17) is 21.3 Å². The number of fused-ring (bicyclic) bond motifs is 1. The van der Waals surface area contributed by atoms with E-state index < -0.39 is 23.8 Å². The fourth-order valence-electron chi connectivity index (χ4n) is 7.83. The van der Waals surface area contributed by atoms with Crippen LogP contribution in [0, 0.1) is 29.5 Å². The molecule has 0 radical (unpaired) electrons. The maximum absolute atomic E-state index is 14.7. The van der Waals surface area contributed by atoms with Gasteiger partial charge in [-0.3, -0.25) is 14.6 Å². The van der Waals surface area contributed by atoms with Crippen molar-refractivity contribution in [2.24, 2.45) is 28.7 Å². The average molecular weight is 671 g/mol. The number of halogens is 2. The van der Waals surface area contributed by atoms with E-state index in [-0.39, 0.29) is 47.3 Å². The van der Waals surface area contributed by atoms with Gasteiger partial charge in [0.15, 0.2) is 10.8 Å². The number of aliphatic imine (C=N–C) groups is 1. The topological polar surface area (TPSA) is 121 Å². The van der Waals surface area contributed by atoms with E-state index in [2.05, 4.69) is 10.3 Å². The van der Waals surface area contributed by atoms with E-state index in [0.29, 0.717) is 53.5 Å². The number of esters is 1. The minimum atomic E-state index is -0.875. The molecule has 3 heterocycles. The number of aliphatic carboxylic acids is 1. The van der Waals surface area contributed by atoms with Gasteiger partial charge in [-0.05, 0) is 69.8 Å². The molecule has 1 aromatic heterocycles. The van der Waals surface area contributed by atoms with Gasteiger partial charge in [-0.1, -0.05) is 43.0 Å². The normalized spacial score (nSPS) is 28.5. The van der Waals surface area contributed by atoms with Crippen molar-refractivity contribution in [1.82, 2.24) is 15.2 Å². The molecule has 46 heavy (non-hydrogen) atoms. The molecular formula is C34H40ClFN4O5S. The van der Waals surface area contributed by atoms with Crippen LogP contribution >= 0.6 is 22.9 Å². The number of carboxylic acids is 1. The van der Waals surface area contributed by atoms with Gasteiger partial charge < -0.3 is 20.1 Å². The molecule has 246 valence electrons. The number of carboxylic acid groups (broad SMARTS) is 1. The summed E-state index contributed by atoms with van der Waals surface area (Å²) < 4.78 is 20.2. The Morgan fingerprint density at radius 3 is 2.74 bits per heavy atom. The third-order valence-electron chi connectivity index (χ3n) is 10.1. The van der Waals surface area contributed by atoms with Gasteiger partial charge in [-0.2, -0.15) is 0 Å². The average Bonchev–Trinajstić information content (AvgIpc) is 3.81. The Hall–Kier alpha value is -3.31. The van der Waals surface area contributed by atoms with Gasteiger partial charge in [-0.25, -0.2) is 14.2 Å². The monoisotopic (exact) mass is 670 g/mol. The van der Waals surface area contributed by atoms with Crippen molar-refractivity contribution < 1.29 is 28.6 Å². The van der Waals surface area contributed by atoms with Crippen molar-refractivity contribution in [3.63, 3.8) is 0 Å². The van der Waals surface area contributed by atoms with Crippen LogP contribution < -0.4 is 5.32 Å². The summed E-state index contributed by atoms with van der Waals surface area (Å²) in [5.41, 5.74) is 1.39. The molecule has 0 bridgehead atoms. The van der Waals surface area contributed by atoms with Crippen molar-refractivity contribution in [2.45, 2.75) is 83.2 Å². The van der Waals surface area contributed by atoms with Gasteiger partial charge >= 0.3 is 11.9 Å². The van der Waals surface area contributed by atoms with Gasteiger partial charge in [0, 0.05) is 41.3 Å². The van der Waals surface area contributed by atoms with Crippen LogP contribution in [0.3, 0.4) is 0 Å². The first-order valence-electron chi connectivity index (χ1n) is 16.4. The summed E-state index contributed by atoms with van der Waals surface area (Å²) in [6, 6.07) is 3.67. The molecule has 0 spiro atoms. The van der Waals surface area contributed by atoms with E-state index in [9.17, 15) is 23.9 Å².